The van der Waals surface area contributed by atoms with E-state index in [0.29, 0.717) is 40.2 Å². The van der Waals surface area contributed by atoms with Gasteiger partial charge in [0.1, 0.15) is 5.75 Å². The van der Waals surface area contributed by atoms with E-state index in [2.05, 4.69) is 27.1 Å². The molecular weight excluding hydrogens is 382 g/mol. The molecule has 9 heteroatoms. The van der Waals surface area contributed by atoms with Gasteiger partial charge >= 0.3 is 0 Å². The van der Waals surface area contributed by atoms with Gasteiger partial charge < -0.3 is 4.74 Å². The highest BCUT2D eigenvalue weighted by Gasteiger charge is 2.19. The molecule has 0 saturated heterocycles. The molecule has 7 nitrogen and oxygen atoms in total. The summed E-state index contributed by atoms with van der Waals surface area (Å²) in [5.74, 6) is 0.937. The summed E-state index contributed by atoms with van der Waals surface area (Å²) >= 11 is 6.60. The molecule has 0 bridgehead atoms. The molecule has 0 atom stereocenters. The number of H-pyrrole nitrogens is 1. The molecule has 27 heavy (non-hydrogen) atoms. The first-order valence-electron chi connectivity index (χ1n) is 8.32. The fourth-order valence-corrected chi connectivity index (χ4v) is 3.71. The lowest BCUT2D eigenvalue weighted by Crippen LogP contribution is -2.13. The maximum absolute atomic E-state index is 12.7. The van der Waals surface area contributed by atoms with E-state index in [9.17, 15) is 4.79 Å². The van der Waals surface area contributed by atoms with Crippen molar-refractivity contribution in [2.24, 2.45) is 0 Å². The number of carbonyl (C=O) groups is 1. The molecule has 0 spiro atoms. The molecule has 2 N–H and O–H groups in total. The Kier molecular flexibility index (Phi) is 5.82. The van der Waals surface area contributed by atoms with Crippen molar-refractivity contribution in [3.63, 3.8) is 0 Å². The van der Waals surface area contributed by atoms with Gasteiger partial charge in [0, 0.05) is 6.54 Å². The summed E-state index contributed by atoms with van der Waals surface area (Å²) in [6.07, 6.45) is 1.75. The van der Waals surface area contributed by atoms with Crippen LogP contribution in [0.2, 0.25) is 0 Å². The van der Waals surface area contributed by atoms with E-state index in [0.717, 1.165) is 10.6 Å². The molecule has 3 rings (SSSR count). The second kappa shape index (κ2) is 8.28. The van der Waals surface area contributed by atoms with Crippen molar-refractivity contribution in [1.29, 1.82) is 0 Å². The first kappa shape index (κ1) is 19.0. The number of aromatic nitrogens is 4. The highest BCUT2D eigenvalue weighted by atomic mass is 32.1. The van der Waals surface area contributed by atoms with E-state index in [-0.39, 0.29) is 5.91 Å². The van der Waals surface area contributed by atoms with Crippen molar-refractivity contribution >= 4 is 34.6 Å². The normalized spacial score (nSPS) is 10.6. The maximum atomic E-state index is 12.7. The summed E-state index contributed by atoms with van der Waals surface area (Å²) in [4.78, 5) is 17.9. The Balaban J connectivity index is 1.89. The van der Waals surface area contributed by atoms with Gasteiger partial charge in [-0.2, -0.15) is 5.10 Å². The number of hydrogen-bond donors (Lipinski definition) is 2. The Morgan fingerprint density at radius 3 is 3.00 bits per heavy atom. The van der Waals surface area contributed by atoms with Crippen LogP contribution in [-0.2, 0) is 6.54 Å². The molecule has 0 fully saturated rings. The number of aryl methyl sites for hydroxylation is 1. The van der Waals surface area contributed by atoms with Gasteiger partial charge in [0.25, 0.3) is 5.91 Å². The number of anilines is 1. The third-order valence-electron chi connectivity index (χ3n) is 3.72. The number of nitrogens with one attached hydrogen (secondary N) is 2. The lowest BCUT2D eigenvalue weighted by Gasteiger charge is -2.08. The number of amides is 1. The lowest BCUT2D eigenvalue weighted by molar-refractivity contribution is 0.102. The summed E-state index contributed by atoms with van der Waals surface area (Å²) in [5.41, 5.74) is 1.22. The summed E-state index contributed by atoms with van der Waals surface area (Å²) in [6, 6.07) is 7.11. The predicted octanol–water partition coefficient (Wildman–Crippen LogP) is 4.21. The molecule has 140 valence electrons. The minimum atomic E-state index is -0.274. The number of thiazole rings is 1. The van der Waals surface area contributed by atoms with Crippen LogP contribution in [0.15, 0.2) is 36.9 Å². The molecule has 0 radical (unpaired) electrons. The second-order valence-corrected chi connectivity index (χ2v) is 6.95. The van der Waals surface area contributed by atoms with E-state index in [1.807, 2.05) is 24.5 Å². The van der Waals surface area contributed by atoms with Gasteiger partial charge in [-0.1, -0.05) is 29.5 Å². The molecule has 0 aliphatic rings. The quantitative estimate of drug-likeness (QED) is 0.458. The lowest BCUT2D eigenvalue weighted by atomic mass is 10.2. The SMILES string of the molecule is C=CCn1c(-c2sc(NC(=O)c3ccccc3OCC)nc2C)n[nH]c1=S. The Bertz CT molecular complexity index is 1030. The van der Waals surface area contributed by atoms with Crippen molar-refractivity contribution in [3.05, 3.63) is 52.9 Å². The number of aromatic amines is 1. The van der Waals surface area contributed by atoms with Crippen LogP contribution in [0.5, 0.6) is 5.75 Å². The van der Waals surface area contributed by atoms with Gasteiger partial charge in [-0.3, -0.25) is 19.8 Å². The first-order valence-corrected chi connectivity index (χ1v) is 9.54. The molecule has 0 saturated carbocycles. The number of benzene rings is 1. The second-order valence-electron chi connectivity index (χ2n) is 5.57. The molecule has 2 aromatic heterocycles. The Morgan fingerprint density at radius 2 is 2.26 bits per heavy atom. The van der Waals surface area contributed by atoms with Crippen LogP contribution in [0.25, 0.3) is 10.7 Å². The highest BCUT2D eigenvalue weighted by Crippen LogP contribution is 2.32. The van der Waals surface area contributed by atoms with Crippen LogP contribution in [-0.4, -0.2) is 32.3 Å². The van der Waals surface area contributed by atoms with Crippen LogP contribution in [0.4, 0.5) is 5.13 Å². The zero-order chi connectivity index (χ0) is 19.4. The molecule has 3 aromatic rings. The smallest absolute Gasteiger partial charge is 0.261 e. The van der Waals surface area contributed by atoms with Gasteiger partial charge in [-0.25, -0.2) is 4.98 Å². The fraction of sp³-hybridized carbons (Fsp3) is 0.222. The third-order valence-corrected chi connectivity index (χ3v) is 5.10. The Hall–Kier alpha value is -2.78. The Morgan fingerprint density at radius 1 is 1.48 bits per heavy atom. The fourth-order valence-electron chi connectivity index (χ4n) is 2.55. The van der Waals surface area contributed by atoms with Crippen LogP contribution in [0.3, 0.4) is 0 Å². The zero-order valence-electron chi connectivity index (χ0n) is 15.0. The van der Waals surface area contributed by atoms with Gasteiger partial charge in [0.15, 0.2) is 15.7 Å². The molecule has 0 aliphatic carbocycles. The zero-order valence-corrected chi connectivity index (χ0v) is 16.6. The Labute approximate surface area is 165 Å². The minimum Gasteiger partial charge on any atom is -0.493 e. The number of allylic oxidation sites excluding steroid dienone is 1. The molecule has 1 amide bonds. The number of nitrogens with zero attached hydrogens (tertiary/aromatic N) is 3. The summed E-state index contributed by atoms with van der Waals surface area (Å²) in [7, 11) is 0. The minimum absolute atomic E-state index is 0.274. The van der Waals surface area contributed by atoms with Gasteiger partial charge in [-0.05, 0) is 38.2 Å². The predicted molar refractivity (Wildman–Crippen MR) is 109 cm³/mol. The van der Waals surface area contributed by atoms with E-state index in [1.54, 1.807) is 24.3 Å². The third kappa shape index (κ3) is 3.99. The van der Waals surface area contributed by atoms with Gasteiger partial charge in [0.2, 0.25) is 0 Å². The topological polar surface area (TPSA) is 84.8 Å². The number of carbonyl (C=O) groups excluding carboxylic acids is 1. The van der Waals surface area contributed by atoms with E-state index in [4.69, 9.17) is 17.0 Å². The van der Waals surface area contributed by atoms with Gasteiger partial charge in [0.05, 0.1) is 22.7 Å². The standard InChI is InChI=1S/C18H19N5O2S2/c1-4-10-23-15(21-22-18(23)26)14-11(3)19-17(27-14)20-16(24)12-8-6-7-9-13(12)25-5-2/h4,6-9H,1,5,10H2,2-3H3,(H,22,26)(H,19,20,24). The van der Waals surface area contributed by atoms with E-state index < -0.39 is 0 Å². The van der Waals surface area contributed by atoms with Gasteiger partial charge in [-0.15, -0.1) is 6.58 Å². The first-order chi connectivity index (χ1) is 13.0. The summed E-state index contributed by atoms with van der Waals surface area (Å²) in [5, 5.41) is 10.4. The molecular formula is C18H19N5O2S2. The summed E-state index contributed by atoms with van der Waals surface area (Å²) < 4.78 is 7.86. The number of ether oxygens (including phenoxy) is 1. The number of rotatable bonds is 7. The number of hydrogen-bond acceptors (Lipinski definition) is 6. The van der Waals surface area contributed by atoms with Crippen molar-refractivity contribution in [1.82, 2.24) is 19.7 Å². The van der Waals surface area contributed by atoms with Crippen LogP contribution < -0.4 is 10.1 Å². The highest BCUT2D eigenvalue weighted by molar-refractivity contribution is 7.71. The van der Waals surface area contributed by atoms with Crippen LogP contribution in [0.1, 0.15) is 23.0 Å². The van der Waals surface area contributed by atoms with Crippen molar-refractivity contribution in [3.8, 4) is 16.5 Å². The van der Waals surface area contributed by atoms with Crippen molar-refractivity contribution < 1.29 is 9.53 Å². The molecule has 0 aliphatic heterocycles. The van der Waals surface area contributed by atoms with E-state index >= 15 is 0 Å². The van der Waals surface area contributed by atoms with Crippen molar-refractivity contribution in [2.75, 3.05) is 11.9 Å². The summed E-state index contributed by atoms with van der Waals surface area (Å²) in [6.45, 7) is 8.50. The van der Waals surface area contributed by atoms with Crippen LogP contribution in [0, 0.1) is 11.7 Å². The molecule has 1 aromatic carbocycles. The van der Waals surface area contributed by atoms with Crippen molar-refractivity contribution in [2.45, 2.75) is 20.4 Å². The van der Waals surface area contributed by atoms with Crippen LogP contribution >= 0.6 is 23.6 Å². The molecule has 0 unspecified atom stereocenters. The van der Waals surface area contributed by atoms with E-state index in [1.165, 1.54) is 11.3 Å². The monoisotopic (exact) mass is 401 g/mol. The number of para-hydroxylation sites is 1. The maximum Gasteiger partial charge on any atom is 0.261 e. The molecule has 2 heterocycles. The largest absolute Gasteiger partial charge is 0.493 e. The average Bonchev–Trinajstić information content (AvgIpc) is 3.18. The average molecular weight is 402 g/mol.